The number of rotatable bonds is 63. The largest absolute Gasteiger partial charge is 0.472 e. The molecule has 0 rings (SSSR count). The van der Waals surface area contributed by atoms with Crippen molar-refractivity contribution in [2.75, 3.05) is 40.9 Å². The number of aliphatic hydroxyl groups excluding tert-OH is 1. The van der Waals surface area contributed by atoms with Gasteiger partial charge in [-0.05, 0) is 57.8 Å². The molecule has 464 valence electrons. The molecule has 0 heterocycles. The van der Waals surface area contributed by atoms with Gasteiger partial charge in [0, 0.05) is 6.42 Å². The second kappa shape index (κ2) is 60.8. The van der Waals surface area contributed by atoms with E-state index in [-0.39, 0.29) is 19.1 Å². The second-order valence-electron chi connectivity index (χ2n) is 24.5. The predicted molar refractivity (Wildman–Crippen MR) is 346 cm³/mol. The van der Waals surface area contributed by atoms with Gasteiger partial charge in [-0.1, -0.05) is 325 Å². The molecule has 0 aliphatic carbocycles. The number of phosphoric acid groups is 1. The topological polar surface area (TPSA) is 105 Å². The molecular weight excluding hydrogens is 996 g/mol. The lowest BCUT2D eigenvalue weighted by molar-refractivity contribution is -0.870. The fourth-order valence-corrected chi connectivity index (χ4v) is 11.0. The van der Waals surface area contributed by atoms with Gasteiger partial charge in [0.05, 0.1) is 39.9 Å². The molecule has 0 aromatic carbocycles. The smallest absolute Gasteiger partial charge is 0.391 e. The molecule has 0 spiro atoms. The predicted octanol–water partition coefficient (Wildman–Crippen LogP) is 21.6. The minimum atomic E-state index is -4.33. The van der Waals surface area contributed by atoms with Gasteiger partial charge in [-0.2, -0.15) is 0 Å². The quantitative estimate of drug-likeness (QED) is 0.0243. The van der Waals surface area contributed by atoms with E-state index >= 15 is 0 Å². The average molecular weight is 1130 g/mol. The molecule has 0 aliphatic rings. The van der Waals surface area contributed by atoms with E-state index in [2.05, 4.69) is 79.9 Å². The maximum Gasteiger partial charge on any atom is 0.472 e. The summed E-state index contributed by atoms with van der Waals surface area (Å²) in [5.74, 6) is -0.143. The standard InChI is InChI=1S/C70H133N2O6P/c1-6-8-10-12-14-16-18-20-22-24-26-28-30-32-34-36-38-40-42-44-46-48-50-52-54-56-58-60-62-64-70(74)71-68(67-78-79(75,76)77-66-65-72(3,4)5)69(73)63-61-59-57-55-53-51-49-47-45-43-41-39-37-35-33-31-29-27-25-23-21-19-17-15-13-11-9-7-2/h8,10,14,16,20,22,26,28,32,34,68-69,73H,6-7,9,11-13,15,17-19,21,23-25,27,29-31,33,35-67H2,1-5H3,(H-,71,74,75,76)/p+1/b10-8-,16-14-,22-20-,28-26-,34-32-. The molecule has 0 saturated carbocycles. The van der Waals surface area contributed by atoms with Crippen molar-refractivity contribution in [3.8, 4) is 0 Å². The van der Waals surface area contributed by atoms with Gasteiger partial charge in [0.2, 0.25) is 5.91 Å². The summed E-state index contributed by atoms with van der Waals surface area (Å²) >= 11 is 0. The Morgan fingerprint density at radius 1 is 0.443 bits per heavy atom. The number of nitrogens with zero attached hydrogens (tertiary/aromatic N) is 1. The minimum Gasteiger partial charge on any atom is -0.391 e. The van der Waals surface area contributed by atoms with Crippen LogP contribution < -0.4 is 5.32 Å². The molecule has 0 aliphatic heterocycles. The van der Waals surface area contributed by atoms with Gasteiger partial charge in [-0.3, -0.25) is 13.8 Å². The maximum absolute atomic E-state index is 13.1. The third-order valence-corrected chi connectivity index (χ3v) is 16.5. The third-order valence-electron chi connectivity index (χ3n) is 15.5. The van der Waals surface area contributed by atoms with Crippen molar-refractivity contribution >= 4 is 13.7 Å². The zero-order valence-electron chi connectivity index (χ0n) is 53.1. The lowest BCUT2D eigenvalue weighted by atomic mass is 10.0. The van der Waals surface area contributed by atoms with E-state index < -0.39 is 20.0 Å². The summed E-state index contributed by atoms with van der Waals surface area (Å²) in [6.45, 7) is 4.82. The SMILES string of the molecule is CC/C=C\C/C=C\C/C=C\C/C=C\C/C=C\CCCCCCCCCCCCCCCC(=O)NC(COP(=O)(O)OCC[N+](C)(C)C)C(O)CCCCCCCCCCCCCCCCCCCCCCCCCCCCCC. The number of quaternary nitrogens is 1. The highest BCUT2D eigenvalue weighted by molar-refractivity contribution is 7.47. The molecule has 8 nitrogen and oxygen atoms in total. The Bertz CT molecular complexity index is 1470. The first-order valence-electron chi connectivity index (χ1n) is 34.2. The molecule has 3 N–H and O–H groups in total. The lowest BCUT2D eigenvalue weighted by Gasteiger charge is -2.26. The second-order valence-corrected chi connectivity index (χ2v) is 26.0. The Morgan fingerprint density at radius 2 is 0.759 bits per heavy atom. The summed E-state index contributed by atoms with van der Waals surface area (Å²) in [6.07, 6.45) is 83.1. The van der Waals surface area contributed by atoms with Gasteiger partial charge in [-0.15, -0.1) is 0 Å². The zero-order valence-corrected chi connectivity index (χ0v) is 54.0. The van der Waals surface area contributed by atoms with Crippen molar-refractivity contribution in [2.45, 2.75) is 341 Å². The van der Waals surface area contributed by atoms with Crippen molar-refractivity contribution in [3.63, 3.8) is 0 Å². The Kier molecular flexibility index (Phi) is 59.4. The summed E-state index contributed by atoms with van der Waals surface area (Å²) in [7, 11) is 1.62. The van der Waals surface area contributed by atoms with Gasteiger partial charge in [0.1, 0.15) is 13.2 Å². The zero-order chi connectivity index (χ0) is 57.7. The molecule has 0 radical (unpaired) electrons. The summed E-state index contributed by atoms with van der Waals surface area (Å²) in [6, 6.07) is -0.765. The molecule has 0 aromatic heterocycles. The van der Waals surface area contributed by atoms with Gasteiger partial charge in [0.25, 0.3) is 0 Å². The molecule has 3 unspecified atom stereocenters. The number of allylic oxidation sites excluding steroid dienone is 10. The Morgan fingerprint density at radius 3 is 1.11 bits per heavy atom. The van der Waals surface area contributed by atoms with Crippen LogP contribution in [0, 0.1) is 0 Å². The monoisotopic (exact) mass is 1130 g/mol. The first-order chi connectivity index (χ1) is 38.5. The van der Waals surface area contributed by atoms with Crippen LogP contribution in [0.4, 0.5) is 0 Å². The number of aliphatic hydroxyl groups is 1. The molecule has 0 fully saturated rings. The molecule has 0 bridgehead atoms. The number of phosphoric ester groups is 1. The lowest BCUT2D eigenvalue weighted by Crippen LogP contribution is -2.46. The van der Waals surface area contributed by atoms with Crippen LogP contribution in [0.5, 0.6) is 0 Å². The summed E-state index contributed by atoms with van der Waals surface area (Å²) in [5, 5.41) is 14.1. The highest BCUT2D eigenvalue weighted by Gasteiger charge is 2.28. The average Bonchev–Trinajstić information content (AvgIpc) is 3.42. The number of hydrogen-bond acceptors (Lipinski definition) is 5. The number of amides is 1. The van der Waals surface area contributed by atoms with E-state index in [1.807, 2.05) is 21.1 Å². The highest BCUT2D eigenvalue weighted by Crippen LogP contribution is 2.43. The fourth-order valence-electron chi connectivity index (χ4n) is 10.3. The van der Waals surface area contributed by atoms with Gasteiger partial charge in [0.15, 0.2) is 0 Å². The molecule has 1 amide bonds. The number of carbonyl (C=O) groups is 1. The fraction of sp³-hybridized carbons (Fsp3) is 0.843. The first-order valence-corrected chi connectivity index (χ1v) is 35.6. The summed E-state index contributed by atoms with van der Waals surface area (Å²) < 4.78 is 23.9. The number of carbonyl (C=O) groups excluding carboxylic acids is 1. The van der Waals surface area contributed by atoms with Crippen LogP contribution in [0.2, 0.25) is 0 Å². The minimum absolute atomic E-state index is 0.0738. The van der Waals surface area contributed by atoms with E-state index in [4.69, 9.17) is 9.05 Å². The van der Waals surface area contributed by atoms with Crippen LogP contribution in [0.15, 0.2) is 60.8 Å². The molecule has 0 saturated heterocycles. The van der Waals surface area contributed by atoms with Crippen molar-refractivity contribution in [1.82, 2.24) is 5.32 Å². The summed E-state index contributed by atoms with van der Waals surface area (Å²) in [5.41, 5.74) is 0. The molecule has 0 aromatic rings. The van der Waals surface area contributed by atoms with Crippen molar-refractivity contribution in [3.05, 3.63) is 60.8 Å². The van der Waals surface area contributed by atoms with Gasteiger partial charge >= 0.3 is 7.82 Å². The third kappa shape index (κ3) is 63.6. The van der Waals surface area contributed by atoms with Crippen LogP contribution in [0.3, 0.4) is 0 Å². The van der Waals surface area contributed by atoms with Crippen molar-refractivity contribution < 1.29 is 32.9 Å². The normalized spacial score (nSPS) is 14.1. The van der Waals surface area contributed by atoms with Crippen molar-refractivity contribution in [1.29, 1.82) is 0 Å². The van der Waals surface area contributed by atoms with Gasteiger partial charge < -0.3 is 19.8 Å². The number of nitrogens with one attached hydrogen (secondary N) is 1. The van der Waals surface area contributed by atoms with Crippen LogP contribution >= 0.6 is 7.82 Å². The first kappa shape index (κ1) is 77.2. The number of hydrogen-bond donors (Lipinski definition) is 3. The van der Waals surface area contributed by atoms with E-state index in [1.165, 1.54) is 231 Å². The highest BCUT2D eigenvalue weighted by atomic mass is 31.2. The maximum atomic E-state index is 13.1. The Balaban J connectivity index is 4.06. The van der Waals surface area contributed by atoms with Crippen LogP contribution in [0.1, 0.15) is 328 Å². The molecular formula is C70H134N2O6P+. The van der Waals surface area contributed by atoms with E-state index in [0.717, 1.165) is 70.6 Å². The van der Waals surface area contributed by atoms with Crippen LogP contribution in [-0.4, -0.2) is 73.4 Å². The van der Waals surface area contributed by atoms with E-state index in [9.17, 15) is 19.4 Å². The van der Waals surface area contributed by atoms with E-state index in [1.54, 1.807) is 0 Å². The van der Waals surface area contributed by atoms with Crippen molar-refractivity contribution in [2.24, 2.45) is 0 Å². The molecule has 79 heavy (non-hydrogen) atoms. The number of unbranched alkanes of at least 4 members (excludes halogenated alkanes) is 40. The number of likely N-dealkylation sites (N-methyl/N-ethyl adjacent to an activating group) is 1. The summed E-state index contributed by atoms with van der Waals surface area (Å²) in [4.78, 5) is 23.5. The van der Waals surface area contributed by atoms with Gasteiger partial charge in [-0.25, -0.2) is 4.57 Å². The van der Waals surface area contributed by atoms with Crippen LogP contribution in [-0.2, 0) is 18.4 Å². The Hall–Kier alpha value is -1.80. The molecule has 9 heteroatoms. The van der Waals surface area contributed by atoms with E-state index in [0.29, 0.717) is 23.9 Å². The molecule has 3 atom stereocenters. The van der Waals surface area contributed by atoms with Crippen LogP contribution in [0.25, 0.3) is 0 Å². The Labute approximate surface area is 492 Å².